The number of nitrogens with one attached hydrogen (secondary N) is 4. The van der Waals surface area contributed by atoms with Crippen molar-refractivity contribution in [3.63, 3.8) is 0 Å². The molecule has 17 heteroatoms. The van der Waals surface area contributed by atoms with Gasteiger partial charge in [-0.1, -0.05) is 115 Å². The maximum Gasteiger partial charge on any atom is 0.340 e. The fourth-order valence-corrected chi connectivity index (χ4v) is 24.6. The highest BCUT2D eigenvalue weighted by Crippen LogP contribution is 2.72. The quantitative estimate of drug-likeness (QED) is 0.0327. The van der Waals surface area contributed by atoms with E-state index in [-0.39, 0.29) is 107 Å². The molecular weight excluding hydrogens is 1230 g/mol. The highest BCUT2D eigenvalue weighted by Gasteiger charge is 2.69. The molecule has 95 heavy (non-hydrogen) atoms. The van der Waals surface area contributed by atoms with Gasteiger partial charge in [0, 0.05) is 84.6 Å². The molecule has 10 bridgehead atoms. The van der Waals surface area contributed by atoms with E-state index >= 15 is 9.59 Å². The molecule has 15 aliphatic rings. The summed E-state index contributed by atoms with van der Waals surface area (Å²) < 4.78 is 13.7. The van der Waals surface area contributed by atoms with Crippen molar-refractivity contribution in [2.45, 2.75) is 165 Å². The van der Waals surface area contributed by atoms with Gasteiger partial charge in [-0.3, -0.25) is 19.8 Å². The summed E-state index contributed by atoms with van der Waals surface area (Å²) in [5, 5.41) is 48.0. The first-order valence-corrected chi connectivity index (χ1v) is 38.8. The van der Waals surface area contributed by atoms with Crippen molar-refractivity contribution in [3.8, 4) is 11.8 Å². The Morgan fingerprint density at radius 2 is 1.74 bits per heavy atom. The number of nitrogens with zero attached hydrogens (tertiary/aromatic N) is 2. The van der Waals surface area contributed by atoms with Crippen molar-refractivity contribution < 1.29 is 44.0 Å². The number of hydrogen-bond donors (Lipinski definition) is 7. The topological polar surface area (TPSA) is 215 Å². The van der Waals surface area contributed by atoms with E-state index in [0.717, 1.165) is 137 Å². The first-order chi connectivity index (χ1) is 46.4. The molecule has 6 heterocycles. The molecule has 5 saturated carbocycles. The van der Waals surface area contributed by atoms with Crippen LogP contribution in [0.25, 0.3) is 0 Å². The van der Waals surface area contributed by atoms with Gasteiger partial charge in [0.15, 0.2) is 0 Å². The van der Waals surface area contributed by atoms with Gasteiger partial charge in [-0.25, -0.2) is 14.6 Å². The highest BCUT2D eigenvalue weighted by molar-refractivity contribution is 8.76. The fourth-order valence-electron chi connectivity index (χ4n) is 22.1. The molecule has 1 spiro atoms. The molecule has 1 aromatic carbocycles. The first kappa shape index (κ1) is 63.8. The molecule has 7 N–H and O–H groups in total. The van der Waals surface area contributed by atoms with Gasteiger partial charge in [-0.15, -0.1) is 0 Å². The van der Waals surface area contributed by atoms with Gasteiger partial charge >= 0.3 is 11.9 Å². The number of imide groups is 1. The molecule has 2 aromatic rings. The van der Waals surface area contributed by atoms with Crippen LogP contribution in [0.15, 0.2) is 137 Å². The van der Waals surface area contributed by atoms with Crippen molar-refractivity contribution in [2.75, 3.05) is 25.6 Å². The lowest BCUT2D eigenvalue weighted by Gasteiger charge is -2.57. The standard InChI is InChI=1S/C78H94N6O9S2/c1-2-77(27-6-7-28-77)38-62-56-19-18-55-54-25-29-78(71(55)70(56)75(90)92-62)63-22-20-57(68-52-16-14-47-13-15-50(61(86)35-44-9-4-3-5-10-44)33-46(41-85)31-45(32-52)34-58(47)68)74(83-60-21-17-48-11-8-12-51(67(48)73(60)89)36-53-39-79-42-81-53)95-94-43-82-64-37-49(26-30-80-64)59(69(54)72(78)76(91)93-63)40-84-65(87)23-24-66(84)88/h3-5,9-10,14,16,22-24,26,37-39,42,45-48,50-52,54-55,57-61,67-68,71,73-74,80,82-83,85-86,89H,2,6-8,11-12,17-21,25,27-36,40-41,43H2,1H3,(H,79,81)/b62-38-,63-22-/t45-,46+,47+,48-,50+,51+,52+,54-,55-,57-,58+,59-,60+,61+,67-,68+,71+,73+,74+,78-/m0/s1. The predicted molar refractivity (Wildman–Crippen MR) is 365 cm³/mol. The van der Waals surface area contributed by atoms with Crippen LogP contribution in [0.2, 0.25) is 0 Å². The number of esters is 2. The number of rotatable bonds is 13. The third kappa shape index (κ3) is 11.6. The van der Waals surface area contributed by atoms with Gasteiger partial charge in [-0.2, -0.15) is 0 Å². The Morgan fingerprint density at radius 3 is 2.55 bits per heavy atom. The Kier molecular flexibility index (Phi) is 17.8. The third-order valence-electron chi connectivity index (χ3n) is 26.3. The molecule has 0 unspecified atom stereocenters. The normalized spacial score (nSPS) is 39.8. The second kappa shape index (κ2) is 26.4. The van der Waals surface area contributed by atoms with Crippen LogP contribution in [-0.4, -0.2) is 103 Å². The number of fused-ring (bicyclic) bond motifs is 5. The number of hydrogen-bond acceptors (Lipinski definition) is 15. The number of aromatic amines is 1. The number of H-pyrrole nitrogens is 1. The highest BCUT2D eigenvalue weighted by atomic mass is 33.1. The van der Waals surface area contributed by atoms with Gasteiger partial charge in [0.25, 0.3) is 11.8 Å². The number of aliphatic hydroxyl groups excluding tert-OH is 3. The minimum Gasteiger partial charge on any atom is -0.427 e. The van der Waals surface area contributed by atoms with Crippen LogP contribution < -0.4 is 16.0 Å². The summed E-state index contributed by atoms with van der Waals surface area (Å²) in [6.07, 6.45) is 37.3. The number of allylic oxidation sites excluding steroid dienone is 7. The number of imidazole rings is 1. The number of benzene rings is 1. The van der Waals surface area contributed by atoms with Gasteiger partial charge in [0.2, 0.25) is 0 Å². The molecule has 5 aliphatic heterocycles. The Labute approximate surface area is 567 Å². The maximum atomic E-state index is 16.0. The number of aromatic nitrogens is 2. The molecule has 2 amide bonds. The number of cyclic esters (lactones) is 1. The van der Waals surface area contributed by atoms with E-state index in [2.05, 4.69) is 93.3 Å². The molecule has 1 saturated heterocycles. The molecular formula is C78H94N6O9S2. The van der Waals surface area contributed by atoms with Crippen molar-refractivity contribution in [1.82, 2.24) is 30.8 Å². The maximum absolute atomic E-state index is 16.0. The summed E-state index contributed by atoms with van der Waals surface area (Å²) in [6, 6.07) is 9.95. The van der Waals surface area contributed by atoms with Crippen molar-refractivity contribution in [3.05, 3.63) is 148 Å². The van der Waals surface area contributed by atoms with E-state index in [1.807, 2.05) is 35.2 Å². The van der Waals surface area contributed by atoms with Gasteiger partial charge < -0.3 is 40.4 Å². The van der Waals surface area contributed by atoms with E-state index in [4.69, 9.17) is 9.47 Å². The van der Waals surface area contributed by atoms with Gasteiger partial charge in [0.05, 0.1) is 46.6 Å². The molecule has 1 aromatic heterocycles. The summed E-state index contributed by atoms with van der Waals surface area (Å²) in [5.74, 6) is 8.65. The summed E-state index contributed by atoms with van der Waals surface area (Å²) in [5.41, 5.74) is 5.21. The largest absolute Gasteiger partial charge is 0.427 e. The average Bonchev–Trinajstić information content (AvgIpc) is 1.58. The van der Waals surface area contributed by atoms with E-state index in [9.17, 15) is 24.9 Å². The zero-order chi connectivity index (χ0) is 64.7. The monoisotopic (exact) mass is 1320 g/mol. The second-order valence-electron chi connectivity index (χ2n) is 30.9. The molecule has 10 aliphatic carbocycles. The average molecular weight is 1320 g/mol. The number of carbonyl (C=O) groups is 4. The SMILES string of the molecule is CCC1(/C=C2\OC(=O)C3=C2CC[C@H]2[C@@H]4CC[C@@]5(C6=C4[C@@H](CN4C(=O)C=CC4=O)C4=CCNC(=C4)NCSS[C@@H](N[C@@H]4CC[C@@H]7CCC[C@H](Cc8cnc[nH]8)[C@H]7[C@@H]4O)[C@H]([C@@H]4[C@@H]7C[C@H]8C[C@@H](CO)C[C@H]([C@H](O)Cc9ccccc9)C#C[C@@H]7C=C[C@@H]4C8)C/C=C/5OC6=O)[C@@H]32)CCCC1. The molecule has 502 valence electrons. The third-order valence-corrected chi connectivity index (χ3v) is 28.8. The number of carbonyl (C=O) groups excluding carboxylic acids is 4. The van der Waals surface area contributed by atoms with E-state index in [1.165, 1.54) is 17.1 Å². The van der Waals surface area contributed by atoms with Crippen molar-refractivity contribution >= 4 is 45.3 Å². The van der Waals surface area contributed by atoms with E-state index in [0.29, 0.717) is 84.9 Å². The lowest BCUT2D eigenvalue weighted by Crippen LogP contribution is -2.57. The number of aliphatic hydroxyl groups is 3. The molecule has 6 fully saturated rings. The zero-order valence-electron chi connectivity index (χ0n) is 54.8. The van der Waals surface area contributed by atoms with Crippen LogP contribution in [0.3, 0.4) is 0 Å². The lowest BCUT2D eigenvalue weighted by atomic mass is 9.43. The van der Waals surface area contributed by atoms with Crippen LogP contribution in [-0.2, 0) is 41.5 Å². The Morgan fingerprint density at radius 1 is 0.884 bits per heavy atom. The minimum atomic E-state index is -1.05. The van der Waals surface area contributed by atoms with Crippen molar-refractivity contribution in [1.29, 1.82) is 0 Å². The van der Waals surface area contributed by atoms with Crippen LogP contribution in [0, 0.1) is 111 Å². The summed E-state index contributed by atoms with van der Waals surface area (Å²) in [4.78, 5) is 68.0. The summed E-state index contributed by atoms with van der Waals surface area (Å²) in [6.45, 7) is 2.84. The van der Waals surface area contributed by atoms with E-state index in [1.54, 1.807) is 17.1 Å². The minimum absolute atomic E-state index is 0.0161. The number of dihydropyridines is 1. The Balaban J connectivity index is 0.849. The van der Waals surface area contributed by atoms with Crippen LogP contribution >= 0.6 is 21.6 Å². The van der Waals surface area contributed by atoms with Crippen LogP contribution in [0.4, 0.5) is 0 Å². The summed E-state index contributed by atoms with van der Waals surface area (Å²) >= 11 is 0. The van der Waals surface area contributed by atoms with Crippen molar-refractivity contribution in [2.24, 2.45) is 99.6 Å². The molecule has 15 nitrogen and oxygen atoms in total. The first-order valence-electron chi connectivity index (χ1n) is 36.4. The predicted octanol–water partition coefficient (Wildman–Crippen LogP) is 11.2. The molecule has 20 atom stereocenters. The summed E-state index contributed by atoms with van der Waals surface area (Å²) in [7, 11) is 3.60. The van der Waals surface area contributed by atoms with E-state index < -0.39 is 35.4 Å². The number of ether oxygens (including phenoxy) is 2. The number of amides is 2. The van der Waals surface area contributed by atoms with Gasteiger partial charge in [-0.05, 0) is 215 Å². The second-order valence-corrected chi connectivity index (χ2v) is 33.5. The van der Waals surface area contributed by atoms with Crippen LogP contribution in [0.5, 0.6) is 0 Å². The van der Waals surface area contributed by atoms with Gasteiger partial charge in [0.1, 0.15) is 11.5 Å². The molecule has 0 radical (unpaired) electrons. The molecule has 17 rings (SSSR count). The smallest absolute Gasteiger partial charge is 0.340 e. The fraction of sp³-hybridized carbons (Fsp3) is 0.603. The lowest BCUT2D eigenvalue weighted by molar-refractivity contribution is -0.138. The van der Waals surface area contributed by atoms with Crippen LogP contribution in [0.1, 0.15) is 140 Å². The zero-order valence-corrected chi connectivity index (χ0v) is 56.4. The Bertz CT molecular complexity index is 3650. The Hall–Kier alpha value is -5.87.